The summed E-state index contributed by atoms with van der Waals surface area (Å²) in [6.45, 7) is 1.25. The van der Waals surface area contributed by atoms with Crippen LogP contribution in [0.2, 0.25) is 0 Å². The number of hydrogen-bond acceptors (Lipinski definition) is 5. The Bertz CT molecular complexity index is 1170. The summed E-state index contributed by atoms with van der Waals surface area (Å²) in [5, 5.41) is 4.16. The number of hydrogen-bond donors (Lipinski definition) is 1. The van der Waals surface area contributed by atoms with Crippen LogP contribution in [-0.4, -0.2) is 42.3 Å². The molecule has 26 heavy (non-hydrogen) atoms. The van der Waals surface area contributed by atoms with E-state index in [0.29, 0.717) is 41.3 Å². The van der Waals surface area contributed by atoms with Gasteiger partial charge in [-0.25, -0.2) is 23.7 Å². The molecule has 1 N–H and O–H groups in total. The fraction of sp³-hybridized carbons (Fsp3) is 0.294. The predicted octanol–water partition coefficient (Wildman–Crippen LogP) is 1.92. The molecule has 8 nitrogen and oxygen atoms in total. The van der Waals surface area contributed by atoms with Crippen molar-refractivity contribution < 1.29 is 9.13 Å². The van der Waals surface area contributed by atoms with Crippen LogP contribution in [0.5, 0.6) is 0 Å². The van der Waals surface area contributed by atoms with Crippen molar-refractivity contribution in [2.75, 3.05) is 13.2 Å². The lowest BCUT2D eigenvalue weighted by Gasteiger charge is -2.22. The van der Waals surface area contributed by atoms with Crippen LogP contribution in [0, 0.1) is 5.82 Å². The van der Waals surface area contributed by atoms with E-state index >= 15 is 0 Å². The van der Waals surface area contributed by atoms with Crippen molar-refractivity contribution >= 4 is 16.7 Å². The average molecular weight is 354 g/mol. The summed E-state index contributed by atoms with van der Waals surface area (Å²) >= 11 is 0. The van der Waals surface area contributed by atoms with Crippen LogP contribution >= 0.6 is 0 Å². The third-order valence-corrected chi connectivity index (χ3v) is 4.73. The van der Waals surface area contributed by atoms with Gasteiger partial charge >= 0.3 is 5.69 Å². The highest BCUT2D eigenvalue weighted by molar-refractivity contribution is 5.79. The maximum absolute atomic E-state index is 13.4. The summed E-state index contributed by atoms with van der Waals surface area (Å²) in [7, 11) is 0. The van der Waals surface area contributed by atoms with E-state index in [-0.39, 0.29) is 17.5 Å². The molecule has 0 unspecified atom stereocenters. The lowest BCUT2D eigenvalue weighted by molar-refractivity contribution is 0.0697. The first-order chi connectivity index (χ1) is 12.7. The van der Waals surface area contributed by atoms with Crippen LogP contribution in [0.3, 0.4) is 0 Å². The molecule has 132 valence electrons. The van der Waals surface area contributed by atoms with Gasteiger partial charge in [-0.2, -0.15) is 5.10 Å². The minimum atomic E-state index is -0.373. The van der Waals surface area contributed by atoms with Crippen molar-refractivity contribution in [3.8, 4) is 11.4 Å². The second kappa shape index (κ2) is 5.73. The number of imidazole rings is 1. The quantitative estimate of drug-likeness (QED) is 0.594. The van der Waals surface area contributed by atoms with Gasteiger partial charge in [0.05, 0.1) is 29.7 Å². The number of halogens is 1. The Labute approximate surface area is 146 Å². The topological polar surface area (TPSA) is 90.1 Å². The summed E-state index contributed by atoms with van der Waals surface area (Å²) in [5.74, 6) is 0.0708. The van der Waals surface area contributed by atoms with E-state index in [0.717, 1.165) is 12.8 Å². The number of H-pyrrole nitrogens is 1. The van der Waals surface area contributed by atoms with Crippen molar-refractivity contribution in [1.29, 1.82) is 0 Å². The largest absolute Gasteiger partial charge is 0.381 e. The Morgan fingerprint density at radius 2 is 2.08 bits per heavy atom. The Balaban J connectivity index is 1.68. The first-order valence-electron chi connectivity index (χ1n) is 8.39. The molecule has 0 aliphatic carbocycles. The first kappa shape index (κ1) is 15.2. The van der Waals surface area contributed by atoms with E-state index < -0.39 is 0 Å². The van der Waals surface area contributed by atoms with Gasteiger partial charge in [-0.3, -0.25) is 4.57 Å². The molecule has 4 aromatic rings. The maximum atomic E-state index is 13.4. The van der Waals surface area contributed by atoms with Gasteiger partial charge in [-0.1, -0.05) is 0 Å². The van der Waals surface area contributed by atoms with Gasteiger partial charge in [-0.05, 0) is 25.0 Å². The van der Waals surface area contributed by atoms with Crippen LogP contribution in [0.25, 0.3) is 28.1 Å². The number of ether oxygens (including phenoxy) is 1. The zero-order chi connectivity index (χ0) is 17.7. The number of rotatable bonds is 2. The molecule has 0 radical (unpaired) electrons. The molecule has 1 saturated heterocycles. The molecule has 1 fully saturated rings. The van der Waals surface area contributed by atoms with Gasteiger partial charge in [0.15, 0.2) is 11.5 Å². The highest BCUT2D eigenvalue weighted by Crippen LogP contribution is 2.25. The normalized spacial score (nSPS) is 15.9. The molecule has 1 aliphatic heterocycles. The molecule has 0 spiro atoms. The molecule has 0 saturated carbocycles. The highest BCUT2D eigenvalue weighted by Gasteiger charge is 2.22. The minimum absolute atomic E-state index is 0.0470. The first-order valence-corrected chi connectivity index (χ1v) is 8.39. The molecule has 0 amide bonds. The number of nitrogens with zero attached hydrogens (tertiary/aromatic N) is 5. The number of nitrogens with one attached hydrogen (secondary N) is 1. The number of pyridine rings is 1. The molecule has 9 heteroatoms. The molecule has 0 atom stereocenters. The Morgan fingerprint density at radius 1 is 1.23 bits per heavy atom. The van der Waals surface area contributed by atoms with Gasteiger partial charge in [0, 0.05) is 19.3 Å². The van der Waals surface area contributed by atoms with Gasteiger partial charge in [-0.15, -0.1) is 0 Å². The van der Waals surface area contributed by atoms with Crippen LogP contribution in [0.4, 0.5) is 4.39 Å². The second-order valence-corrected chi connectivity index (χ2v) is 6.31. The maximum Gasteiger partial charge on any atom is 0.327 e. The molecule has 0 aromatic carbocycles. The van der Waals surface area contributed by atoms with Crippen molar-refractivity contribution in [2.24, 2.45) is 0 Å². The van der Waals surface area contributed by atoms with E-state index in [2.05, 4.69) is 20.1 Å². The molecule has 5 heterocycles. The highest BCUT2D eigenvalue weighted by atomic mass is 19.1. The second-order valence-electron chi connectivity index (χ2n) is 6.31. The van der Waals surface area contributed by atoms with Gasteiger partial charge in [0.2, 0.25) is 0 Å². The Kier molecular flexibility index (Phi) is 3.35. The number of fused-ring (bicyclic) bond motifs is 2. The lowest BCUT2D eigenvalue weighted by atomic mass is 10.1. The van der Waals surface area contributed by atoms with Gasteiger partial charge < -0.3 is 9.72 Å². The van der Waals surface area contributed by atoms with E-state index in [1.807, 2.05) is 0 Å². The zero-order valence-electron chi connectivity index (χ0n) is 13.7. The van der Waals surface area contributed by atoms with Crippen molar-refractivity contribution in [2.45, 2.75) is 18.9 Å². The molecular weight excluding hydrogens is 339 g/mol. The molecule has 4 aromatic heterocycles. The number of aromatic nitrogens is 6. The lowest BCUT2D eigenvalue weighted by Crippen LogP contribution is -2.27. The summed E-state index contributed by atoms with van der Waals surface area (Å²) < 4.78 is 21.9. The van der Waals surface area contributed by atoms with E-state index in [4.69, 9.17) is 4.74 Å². The van der Waals surface area contributed by atoms with Crippen LogP contribution in [-0.2, 0) is 4.74 Å². The standard InChI is InChI=1S/C17H15FN6O2/c18-10-1-2-14-12(7-20-23(14)9-10)15-19-8-13-16(22-15)24(17(25)21-13)11-3-5-26-6-4-11/h1-2,7-9,11H,3-6H2,(H,21,25). The number of aromatic amines is 1. The predicted molar refractivity (Wildman–Crippen MR) is 91.4 cm³/mol. The summed E-state index contributed by atoms with van der Waals surface area (Å²) in [5.41, 5.74) is 2.33. The fourth-order valence-corrected chi connectivity index (χ4v) is 3.46. The summed E-state index contributed by atoms with van der Waals surface area (Å²) in [4.78, 5) is 24.2. The van der Waals surface area contributed by atoms with Crippen LogP contribution in [0.1, 0.15) is 18.9 Å². The Morgan fingerprint density at radius 3 is 2.92 bits per heavy atom. The van der Waals surface area contributed by atoms with Gasteiger partial charge in [0.1, 0.15) is 11.3 Å². The smallest absolute Gasteiger partial charge is 0.327 e. The average Bonchev–Trinajstić information content (AvgIpc) is 3.21. The summed E-state index contributed by atoms with van der Waals surface area (Å²) in [6.07, 6.45) is 6.03. The third-order valence-electron chi connectivity index (χ3n) is 4.73. The van der Waals surface area contributed by atoms with E-state index in [9.17, 15) is 9.18 Å². The fourth-order valence-electron chi connectivity index (χ4n) is 3.46. The van der Waals surface area contributed by atoms with Crippen molar-refractivity contribution in [3.63, 3.8) is 0 Å². The Hall–Kier alpha value is -3.07. The monoisotopic (exact) mass is 354 g/mol. The summed E-state index contributed by atoms with van der Waals surface area (Å²) in [6, 6.07) is 3.05. The van der Waals surface area contributed by atoms with Crippen molar-refractivity contribution in [3.05, 3.63) is 47.0 Å². The minimum Gasteiger partial charge on any atom is -0.381 e. The van der Waals surface area contributed by atoms with Crippen LogP contribution < -0.4 is 5.69 Å². The zero-order valence-corrected chi connectivity index (χ0v) is 13.7. The molecule has 1 aliphatic rings. The SMILES string of the molecule is O=c1[nH]c2cnc(-c3cnn4cc(F)ccc34)nc2n1C1CCOCC1. The van der Waals surface area contributed by atoms with E-state index in [1.165, 1.54) is 16.8 Å². The van der Waals surface area contributed by atoms with Crippen LogP contribution in [0.15, 0.2) is 35.5 Å². The van der Waals surface area contributed by atoms with Crippen molar-refractivity contribution in [1.82, 2.24) is 29.1 Å². The molecule has 0 bridgehead atoms. The molecule has 5 rings (SSSR count). The van der Waals surface area contributed by atoms with E-state index in [1.54, 1.807) is 23.0 Å². The molecular formula is C17H15FN6O2. The van der Waals surface area contributed by atoms with Gasteiger partial charge in [0.25, 0.3) is 0 Å². The third kappa shape index (κ3) is 2.31.